The molecule has 0 unspecified atom stereocenters. The smallest absolute Gasteiger partial charge is 0.320 e. The van der Waals surface area contributed by atoms with Crippen molar-refractivity contribution in [2.75, 3.05) is 20.1 Å². The summed E-state index contributed by atoms with van der Waals surface area (Å²) < 4.78 is 0. The number of nitrogens with two attached hydrogens (primary N) is 1. The molecule has 0 aliphatic carbocycles. The molecule has 1 aromatic carbocycles. The molecule has 1 aliphatic rings. The number of rotatable bonds is 3. The normalized spacial score (nSPS) is 14.9. The summed E-state index contributed by atoms with van der Waals surface area (Å²) in [6.45, 7) is 2.97. The third-order valence-electron chi connectivity index (χ3n) is 3.35. The topological polar surface area (TPSA) is 49.6 Å². The molecule has 4 heteroatoms. The monoisotopic (exact) mass is 247 g/mol. The van der Waals surface area contributed by atoms with Crippen LogP contribution in [0.25, 0.3) is 0 Å². The second kappa shape index (κ2) is 5.87. The molecule has 0 radical (unpaired) electrons. The molecule has 1 fully saturated rings. The van der Waals surface area contributed by atoms with Crippen molar-refractivity contribution >= 4 is 6.03 Å². The molecule has 1 aromatic rings. The van der Waals surface area contributed by atoms with Gasteiger partial charge in [-0.2, -0.15) is 0 Å². The number of carbonyl (C=O) groups is 1. The van der Waals surface area contributed by atoms with Gasteiger partial charge in [0.15, 0.2) is 0 Å². The van der Waals surface area contributed by atoms with Crippen molar-refractivity contribution in [3.05, 3.63) is 35.4 Å². The van der Waals surface area contributed by atoms with E-state index in [4.69, 9.17) is 5.73 Å². The van der Waals surface area contributed by atoms with Crippen LogP contribution in [-0.4, -0.2) is 36.0 Å². The Balaban J connectivity index is 1.97. The molecule has 4 nitrogen and oxygen atoms in total. The average molecular weight is 247 g/mol. The zero-order valence-electron chi connectivity index (χ0n) is 10.9. The number of benzene rings is 1. The summed E-state index contributed by atoms with van der Waals surface area (Å²) in [5.74, 6) is 0. The Morgan fingerprint density at radius 2 is 2.00 bits per heavy atom. The van der Waals surface area contributed by atoms with Gasteiger partial charge in [0.05, 0.1) is 0 Å². The SMILES string of the molecule is CN(Cc1cccc(CN)c1)C(=O)N1CCCC1. The number of carbonyl (C=O) groups excluding carboxylic acids is 1. The van der Waals surface area contributed by atoms with Gasteiger partial charge in [-0.3, -0.25) is 0 Å². The lowest BCUT2D eigenvalue weighted by Gasteiger charge is -2.24. The maximum atomic E-state index is 12.1. The summed E-state index contributed by atoms with van der Waals surface area (Å²) in [5.41, 5.74) is 7.86. The first kappa shape index (κ1) is 12.9. The third kappa shape index (κ3) is 3.01. The minimum atomic E-state index is 0.130. The Morgan fingerprint density at radius 1 is 1.33 bits per heavy atom. The van der Waals surface area contributed by atoms with Crippen molar-refractivity contribution in [3.63, 3.8) is 0 Å². The van der Waals surface area contributed by atoms with Crippen molar-refractivity contribution in [2.24, 2.45) is 5.73 Å². The molecule has 2 amide bonds. The van der Waals surface area contributed by atoms with E-state index < -0.39 is 0 Å². The van der Waals surface area contributed by atoms with Crippen LogP contribution in [-0.2, 0) is 13.1 Å². The second-order valence-corrected chi connectivity index (χ2v) is 4.86. The number of urea groups is 1. The van der Waals surface area contributed by atoms with Crippen LogP contribution in [0.4, 0.5) is 4.79 Å². The van der Waals surface area contributed by atoms with Crippen molar-refractivity contribution < 1.29 is 4.79 Å². The fraction of sp³-hybridized carbons (Fsp3) is 0.500. The fourth-order valence-corrected chi connectivity index (χ4v) is 2.35. The zero-order valence-corrected chi connectivity index (χ0v) is 10.9. The highest BCUT2D eigenvalue weighted by Gasteiger charge is 2.21. The molecule has 1 saturated heterocycles. The predicted octanol–water partition coefficient (Wildman–Crippen LogP) is 1.79. The van der Waals surface area contributed by atoms with E-state index in [9.17, 15) is 4.79 Å². The Bertz CT molecular complexity index is 413. The summed E-state index contributed by atoms with van der Waals surface area (Å²) in [5, 5.41) is 0. The maximum Gasteiger partial charge on any atom is 0.320 e. The van der Waals surface area contributed by atoms with Gasteiger partial charge in [-0.05, 0) is 24.0 Å². The summed E-state index contributed by atoms with van der Waals surface area (Å²) >= 11 is 0. The summed E-state index contributed by atoms with van der Waals surface area (Å²) in [6, 6.07) is 8.23. The van der Waals surface area contributed by atoms with E-state index >= 15 is 0 Å². The van der Waals surface area contributed by atoms with E-state index in [2.05, 4.69) is 6.07 Å². The summed E-state index contributed by atoms with van der Waals surface area (Å²) in [4.78, 5) is 15.8. The minimum absolute atomic E-state index is 0.130. The van der Waals surface area contributed by atoms with Crippen LogP contribution >= 0.6 is 0 Å². The van der Waals surface area contributed by atoms with Crippen molar-refractivity contribution in [3.8, 4) is 0 Å². The van der Waals surface area contributed by atoms with Crippen LogP contribution < -0.4 is 5.73 Å². The van der Waals surface area contributed by atoms with Crippen LogP contribution in [0.5, 0.6) is 0 Å². The van der Waals surface area contributed by atoms with E-state index in [-0.39, 0.29) is 6.03 Å². The summed E-state index contributed by atoms with van der Waals surface area (Å²) in [6.07, 6.45) is 2.25. The first-order valence-corrected chi connectivity index (χ1v) is 6.48. The first-order valence-electron chi connectivity index (χ1n) is 6.48. The lowest BCUT2D eigenvalue weighted by Crippen LogP contribution is -2.38. The van der Waals surface area contributed by atoms with Gasteiger partial charge in [0, 0.05) is 33.2 Å². The lowest BCUT2D eigenvalue weighted by atomic mass is 10.1. The van der Waals surface area contributed by atoms with Crippen molar-refractivity contribution in [1.82, 2.24) is 9.80 Å². The number of hydrogen-bond acceptors (Lipinski definition) is 2. The highest BCUT2D eigenvalue weighted by molar-refractivity contribution is 5.74. The molecule has 2 rings (SSSR count). The molecular formula is C14H21N3O. The number of nitrogens with zero attached hydrogens (tertiary/aromatic N) is 2. The third-order valence-corrected chi connectivity index (χ3v) is 3.35. The zero-order chi connectivity index (χ0) is 13.0. The van der Waals surface area contributed by atoms with Crippen LogP contribution in [0.15, 0.2) is 24.3 Å². The molecular weight excluding hydrogens is 226 g/mol. The number of amides is 2. The molecule has 18 heavy (non-hydrogen) atoms. The van der Waals surface area contributed by atoms with E-state index in [0.717, 1.165) is 37.1 Å². The molecule has 0 aromatic heterocycles. The van der Waals surface area contributed by atoms with Crippen molar-refractivity contribution in [1.29, 1.82) is 0 Å². The van der Waals surface area contributed by atoms with Gasteiger partial charge in [-0.15, -0.1) is 0 Å². The van der Waals surface area contributed by atoms with Gasteiger partial charge in [0.1, 0.15) is 0 Å². The summed E-state index contributed by atoms with van der Waals surface area (Å²) in [7, 11) is 1.86. The predicted molar refractivity (Wildman–Crippen MR) is 72.0 cm³/mol. The highest BCUT2D eigenvalue weighted by Crippen LogP contribution is 2.12. The Kier molecular flexibility index (Phi) is 4.20. The minimum Gasteiger partial charge on any atom is -0.326 e. The van der Waals surface area contributed by atoms with Crippen LogP contribution in [0, 0.1) is 0 Å². The van der Waals surface area contributed by atoms with E-state index in [1.807, 2.05) is 30.1 Å². The van der Waals surface area contributed by atoms with Crippen molar-refractivity contribution in [2.45, 2.75) is 25.9 Å². The molecule has 1 heterocycles. The van der Waals surface area contributed by atoms with E-state index in [1.165, 1.54) is 0 Å². The molecule has 1 aliphatic heterocycles. The number of likely N-dealkylation sites (tertiary alicyclic amines) is 1. The van der Waals surface area contributed by atoms with Gasteiger partial charge in [-0.25, -0.2) is 4.79 Å². The molecule has 0 spiro atoms. The first-order chi connectivity index (χ1) is 8.70. The largest absolute Gasteiger partial charge is 0.326 e. The molecule has 2 N–H and O–H groups in total. The molecule has 0 saturated carbocycles. The fourth-order valence-electron chi connectivity index (χ4n) is 2.35. The Hall–Kier alpha value is -1.55. The van der Waals surface area contributed by atoms with Gasteiger partial charge in [0.25, 0.3) is 0 Å². The Labute approximate surface area is 108 Å². The van der Waals surface area contributed by atoms with Crippen LogP contribution in [0.3, 0.4) is 0 Å². The van der Waals surface area contributed by atoms with Gasteiger partial charge >= 0.3 is 6.03 Å². The average Bonchev–Trinajstić information content (AvgIpc) is 2.92. The van der Waals surface area contributed by atoms with Gasteiger partial charge in [0.2, 0.25) is 0 Å². The van der Waals surface area contributed by atoms with Crippen LogP contribution in [0.2, 0.25) is 0 Å². The van der Waals surface area contributed by atoms with Gasteiger partial charge in [-0.1, -0.05) is 24.3 Å². The number of hydrogen-bond donors (Lipinski definition) is 1. The maximum absolute atomic E-state index is 12.1. The lowest BCUT2D eigenvalue weighted by molar-refractivity contribution is 0.171. The molecule has 0 bridgehead atoms. The van der Waals surface area contributed by atoms with E-state index in [1.54, 1.807) is 4.90 Å². The molecule has 0 atom stereocenters. The van der Waals surface area contributed by atoms with E-state index in [0.29, 0.717) is 13.1 Å². The highest BCUT2D eigenvalue weighted by atomic mass is 16.2. The Morgan fingerprint density at radius 3 is 2.67 bits per heavy atom. The molecule has 98 valence electrons. The van der Waals surface area contributed by atoms with Crippen LogP contribution in [0.1, 0.15) is 24.0 Å². The second-order valence-electron chi connectivity index (χ2n) is 4.86. The quantitative estimate of drug-likeness (QED) is 0.885. The standard InChI is InChI=1S/C14H21N3O/c1-16(14(18)17-7-2-3-8-17)11-13-6-4-5-12(9-13)10-15/h4-6,9H,2-3,7-8,10-11,15H2,1H3. The van der Waals surface area contributed by atoms with Gasteiger partial charge < -0.3 is 15.5 Å².